The first-order valence-electron chi connectivity index (χ1n) is 8.40. The van der Waals surface area contributed by atoms with Crippen LogP contribution in [-0.2, 0) is 0 Å². The number of nitrogens with two attached hydrogens (primary N) is 1. The second kappa shape index (κ2) is 8.61. The lowest BCUT2D eigenvalue weighted by atomic mass is 10.1. The molecule has 0 bridgehead atoms. The number of rotatable bonds is 6. The van der Waals surface area contributed by atoms with Gasteiger partial charge in [0.05, 0.1) is 16.4 Å². The van der Waals surface area contributed by atoms with E-state index in [4.69, 9.17) is 29.0 Å². The van der Waals surface area contributed by atoms with Crippen LogP contribution in [0.2, 0.25) is 10.0 Å². The van der Waals surface area contributed by atoms with Crippen LogP contribution in [0.4, 0.5) is 0 Å². The SMILES string of the molecule is CC/C(NC(CC)CC)=C1/C=CC=C(c2ccc(Cl)cc2Cl)N1N. The molecule has 0 fully saturated rings. The predicted molar refractivity (Wildman–Crippen MR) is 104 cm³/mol. The van der Waals surface area contributed by atoms with Gasteiger partial charge in [-0.1, -0.05) is 50.0 Å². The van der Waals surface area contributed by atoms with Crippen molar-refractivity contribution in [3.63, 3.8) is 0 Å². The molecule has 2 rings (SSSR count). The van der Waals surface area contributed by atoms with Crippen molar-refractivity contribution in [2.75, 3.05) is 0 Å². The summed E-state index contributed by atoms with van der Waals surface area (Å²) in [5.74, 6) is 6.42. The van der Waals surface area contributed by atoms with Crippen molar-refractivity contribution in [2.24, 2.45) is 5.84 Å². The van der Waals surface area contributed by atoms with Crippen LogP contribution in [0.25, 0.3) is 5.70 Å². The van der Waals surface area contributed by atoms with E-state index in [1.165, 1.54) is 0 Å². The average molecular weight is 366 g/mol. The molecule has 0 radical (unpaired) electrons. The van der Waals surface area contributed by atoms with Crippen LogP contribution in [0, 0.1) is 0 Å². The predicted octanol–water partition coefficient (Wildman–Crippen LogP) is 5.48. The minimum atomic E-state index is 0.447. The first-order chi connectivity index (χ1) is 11.5. The van der Waals surface area contributed by atoms with Gasteiger partial charge in [0.1, 0.15) is 0 Å². The molecule has 0 saturated heterocycles. The van der Waals surface area contributed by atoms with Crippen molar-refractivity contribution in [3.05, 3.63) is 63.4 Å². The molecule has 0 spiro atoms. The number of hydrogen-bond acceptors (Lipinski definition) is 3. The van der Waals surface area contributed by atoms with E-state index in [9.17, 15) is 0 Å². The van der Waals surface area contributed by atoms with Crippen LogP contribution in [0.5, 0.6) is 0 Å². The van der Waals surface area contributed by atoms with E-state index < -0.39 is 0 Å². The van der Waals surface area contributed by atoms with Gasteiger partial charge in [-0.15, -0.1) is 0 Å². The molecular formula is C19H25Cl2N3. The molecule has 3 nitrogen and oxygen atoms in total. The van der Waals surface area contributed by atoms with E-state index in [-0.39, 0.29) is 0 Å². The average Bonchev–Trinajstić information content (AvgIpc) is 2.57. The molecule has 1 aliphatic heterocycles. The second-order valence-corrected chi connectivity index (χ2v) is 6.62. The monoisotopic (exact) mass is 365 g/mol. The zero-order valence-corrected chi connectivity index (χ0v) is 16.0. The molecule has 0 aliphatic carbocycles. The topological polar surface area (TPSA) is 41.3 Å². The van der Waals surface area contributed by atoms with Gasteiger partial charge in [0.25, 0.3) is 0 Å². The van der Waals surface area contributed by atoms with Gasteiger partial charge >= 0.3 is 0 Å². The Balaban J connectivity index is 2.37. The molecule has 1 aromatic carbocycles. The number of hydrogen-bond donors (Lipinski definition) is 2. The van der Waals surface area contributed by atoms with E-state index >= 15 is 0 Å². The van der Waals surface area contributed by atoms with Crippen LogP contribution >= 0.6 is 23.2 Å². The normalized spacial score (nSPS) is 16.5. The zero-order valence-electron chi connectivity index (χ0n) is 14.4. The Labute approximate surface area is 154 Å². The van der Waals surface area contributed by atoms with Gasteiger partial charge in [-0.05, 0) is 49.6 Å². The standard InChI is InChI=1S/C19H25Cl2N3/c1-4-14(5-2)23-17(6-3)19-9-7-8-18(24(19)22)15-11-10-13(20)12-16(15)21/h7-12,14,23H,4-6,22H2,1-3H3/b19-17+. The Hall–Kier alpha value is -1.42. The van der Waals surface area contributed by atoms with Crippen molar-refractivity contribution >= 4 is 28.9 Å². The molecule has 0 unspecified atom stereocenters. The summed E-state index contributed by atoms with van der Waals surface area (Å²) in [6.45, 7) is 6.51. The fourth-order valence-corrected chi connectivity index (χ4v) is 3.29. The summed E-state index contributed by atoms with van der Waals surface area (Å²) in [5, 5.41) is 6.52. The van der Waals surface area contributed by atoms with E-state index in [1.54, 1.807) is 11.1 Å². The number of allylic oxidation sites excluding steroid dienone is 4. The second-order valence-electron chi connectivity index (χ2n) is 5.78. The van der Waals surface area contributed by atoms with E-state index in [0.29, 0.717) is 16.1 Å². The lowest BCUT2D eigenvalue weighted by molar-refractivity contribution is 0.480. The third kappa shape index (κ3) is 4.15. The summed E-state index contributed by atoms with van der Waals surface area (Å²) < 4.78 is 0. The third-order valence-corrected chi connectivity index (χ3v) is 4.81. The molecule has 5 heteroatoms. The number of nitrogens with zero attached hydrogens (tertiary/aromatic N) is 1. The zero-order chi connectivity index (χ0) is 17.7. The van der Waals surface area contributed by atoms with Crippen molar-refractivity contribution in [1.82, 2.24) is 10.3 Å². The van der Waals surface area contributed by atoms with E-state index in [1.807, 2.05) is 30.4 Å². The fraction of sp³-hybridized carbons (Fsp3) is 0.368. The van der Waals surface area contributed by atoms with Crippen molar-refractivity contribution in [2.45, 2.75) is 46.1 Å². The van der Waals surface area contributed by atoms with Crippen molar-refractivity contribution in [1.29, 1.82) is 0 Å². The summed E-state index contributed by atoms with van der Waals surface area (Å²) in [7, 11) is 0. The molecule has 1 heterocycles. The Morgan fingerprint density at radius 3 is 2.50 bits per heavy atom. The van der Waals surface area contributed by atoms with Gasteiger partial charge in [-0.3, -0.25) is 5.01 Å². The molecule has 1 aromatic rings. The van der Waals surface area contributed by atoms with Crippen LogP contribution in [0.15, 0.2) is 47.8 Å². The minimum absolute atomic E-state index is 0.447. The van der Waals surface area contributed by atoms with Gasteiger partial charge in [-0.2, -0.15) is 0 Å². The molecule has 3 N–H and O–H groups in total. The smallest absolute Gasteiger partial charge is 0.0764 e. The van der Waals surface area contributed by atoms with Crippen molar-refractivity contribution < 1.29 is 0 Å². The molecule has 130 valence electrons. The summed E-state index contributed by atoms with van der Waals surface area (Å²) in [6.07, 6.45) is 9.03. The highest BCUT2D eigenvalue weighted by Crippen LogP contribution is 2.32. The molecule has 1 aliphatic rings. The fourth-order valence-electron chi connectivity index (χ4n) is 2.78. The number of hydrazine groups is 1. The molecule has 0 saturated carbocycles. The van der Waals surface area contributed by atoms with Gasteiger partial charge < -0.3 is 5.32 Å². The first kappa shape index (κ1) is 18.9. The summed E-state index contributed by atoms with van der Waals surface area (Å²) in [6, 6.07) is 5.90. The summed E-state index contributed by atoms with van der Waals surface area (Å²) in [4.78, 5) is 0. The summed E-state index contributed by atoms with van der Waals surface area (Å²) in [5.41, 5.74) is 3.82. The van der Waals surface area contributed by atoms with Crippen LogP contribution in [0.1, 0.15) is 45.6 Å². The third-order valence-electron chi connectivity index (χ3n) is 4.26. The highest BCUT2D eigenvalue weighted by molar-refractivity contribution is 6.35. The number of halogens is 2. The van der Waals surface area contributed by atoms with Gasteiger partial charge in [-0.25, -0.2) is 5.84 Å². The maximum atomic E-state index is 6.42. The maximum Gasteiger partial charge on any atom is 0.0764 e. The lowest BCUT2D eigenvalue weighted by Crippen LogP contribution is -2.35. The Bertz CT molecular complexity index is 673. The van der Waals surface area contributed by atoms with E-state index in [0.717, 1.165) is 41.9 Å². The molecule has 0 amide bonds. The molecule has 0 aromatic heterocycles. The van der Waals surface area contributed by atoms with Crippen LogP contribution < -0.4 is 11.2 Å². The van der Waals surface area contributed by atoms with Gasteiger partial charge in [0, 0.05) is 22.3 Å². The Morgan fingerprint density at radius 2 is 1.92 bits per heavy atom. The first-order valence-corrected chi connectivity index (χ1v) is 9.15. The quantitative estimate of drug-likeness (QED) is 0.655. The highest BCUT2D eigenvalue weighted by Gasteiger charge is 2.20. The maximum absolute atomic E-state index is 6.42. The number of nitrogens with one attached hydrogen (secondary N) is 1. The molecule has 24 heavy (non-hydrogen) atoms. The van der Waals surface area contributed by atoms with Crippen LogP contribution in [0.3, 0.4) is 0 Å². The minimum Gasteiger partial charge on any atom is -0.384 e. The Morgan fingerprint density at radius 1 is 1.21 bits per heavy atom. The van der Waals surface area contributed by atoms with Crippen LogP contribution in [-0.4, -0.2) is 11.1 Å². The number of benzene rings is 1. The lowest BCUT2D eigenvalue weighted by Gasteiger charge is -2.30. The summed E-state index contributed by atoms with van der Waals surface area (Å²) >= 11 is 12.4. The largest absolute Gasteiger partial charge is 0.384 e. The highest BCUT2D eigenvalue weighted by atomic mass is 35.5. The van der Waals surface area contributed by atoms with Gasteiger partial charge in [0.2, 0.25) is 0 Å². The molecule has 0 atom stereocenters. The van der Waals surface area contributed by atoms with Gasteiger partial charge in [0.15, 0.2) is 0 Å². The van der Waals surface area contributed by atoms with E-state index in [2.05, 4.69) is 26.1 Å². The van der Waals surface area contributed by atoms with Crippen molar-refractivity contribution in [3.8, 4) is 0 Å². The molecular weight excluding hydrogens is 341 g/mol. The Kier molecular flexibility index (Phi) is 6.79.